The van der Waals surface area contributed by atoms with Gasteiger partial charge in [-0.15, -0.1) is 0 Å². The number of carboxylic acid groups (broad SMARTS) is 1. The number of nitrogens with one attached hydrogen (secondary N) is 1. The fourth-order valence-corrected chi connectivity index (χ4v) is 5.15. The summed E-state index contributed by atoms with van der Waals surface area (Å²) in [6.07, 6.45) is 2.47. The average molecular weight is 479 g/mol. The van der Waals surface area contributed by atoms with E-state index in [4.69, 9.17) is 4.74 Å². The lowest BCUT2D eigenvalue weighted by atomic mass is 9.78. The number of nitrogens with zero attached hydrogens (tertiary/aromatic N) is 1. The summed E-state index contributed by atoms with van der Waals surface area (Å²) in [6.45, 7) is 4.14. The number of carbonyl (C=O) groups excluding carboxylic acids is 2. The summed E-state index contributed by atoms with van der Waals surface area (Å²) in [5, 5.41) is 12.1. The highest BCUT2D eigenvalue weighted by Gasteiger charge is 2.33. The van der Waals surface area contributed by atoms with Crippen molar-refractivity contribution in [2.24, 2.45) is 11.8 Å². The fraction of sp³-hybridized carbons (Fsp3) is 0.464. The molecule has 1 atom stereocenters. The molecule has 0 bridgehead atoms. The van der Waals surface area contributed by atoms with Crippen molar-refractivity contribution in [1.82, 2.24) is 10.2 Å². The van der Waals surface area contributed by atoms with Gasteiger partial charge in [0.15, 0.2) is 0 Å². The summed E-state index contributed by atoms with van der Waals surface area (Å²) < 4.78 is 5.69. The van der Waals surface area contributed by atoms with Gasteiger partial charge in [0.2, 0.25) is 5.91 Å². The molecule has 35 heavy (non-hydrogen) atoms. The van der Waals surface area contributed by atoms with Crippen LogP contribution in [0.1, 0.15) is 56.6 Å². The van der Waals surface area contributed by atoms with Gasteiger partial charge in [0.25, 0.3) is 0 Å². The summed E-state index contributed by atoms with van der Waals surface area (Å²) >= 11 is 0. The summed E-state index contributed by atoms with van der Waals surface area (Å²) in [4.78, 5) is 38.4. The van der Waals surface area contributed by atoms with Crippen molar-refractivity contribution in [3.05, 3.63) is 59.7 Å². The van der Waals surface area contributed by atoms with Crippen LogP contribution in [0.15, 0.2) is 48.5 Å². The molecule has 0 spiro atoms. The number of alkyl carbamates (subject to hydrolysis) is 1. The SMILES string of the molecule is CC(C)CN(CC(=O)O)C(=O)CC(NC(=O)OCC1c2ccccc2-c2ccccc21)C1CCC1. The van der Waals surface area contributed by atoms with Crippen molar-refractivity contribution < 1.29 is 24.2 Å². The number of benzene rings is 2. The van der Waals surface area contributed by atoms with Gasteiger partial charge < -0.3 is 20.1 Å². The molecule has 7 nitrogen and oxygen atoms in total. The highest BCUT2D eigenvalue weighted by Crippen LogP contribution is 2.44. The maximum Gasteiger partial charge on any atom is 0.407 e. The van der Waals surface area contributed by atoms with Crippen LogP contribution in [0.25, 0.3) is 11.1 Å². The van der Waals surface area contributed by atoms with E-state index >= 15 is 0 Å². The van der Waals surface area contributed by atoms with E-state index in [9.17, 15) is 19.5 Å². The zero-order valence-electron chi connectivity index (χ0n) is 20.4. The molecule has 0 saturated heterocycles. The standard InChI is InChI=1S/C28H34N2O5/c1-18(2)15-30(16-27(32)33)26(31)14-25(19-8-7-9-19)29-28(34)35-17-24-22-12-5-3-10-20(22)21-11-4-6-13-23(21)24/h3-6,10-13,18-19,24-25H,7-9,14-17H2,1-2H3,(H,29,34)(H,32,33). The fourth-order valence-electron chi connectivity index (χ4n) is 5.15. The van der Waals surface area contributed by atoms with E-state index in [0.717, 1.165) is 30.4 Å². The predicted molar refractivity (Wildman–Crippen MR) is 133 cm³/mol. The Balaban J connectivity index is 1.40. The van der Waals surface area contributed by atoms with Gasteiger partial charge >= 0.3 is 12.1 Å². The minimum absolute atomic E-state index is 0.0333. The maximum atomic E-state index is 13.0. The van der Waals surface area contributed by atoms with E-state index in [-0.39, 0.29) is 49.3 Å². The quantitative estimate of drug-likeness (QED) is 0.518. The molecule has 0 radical (unpaired) electrons. The molecule has 7 heteroatoms. The molecule has 2 aromatic rings. The zero-order chi connectivity index (χ0) is 24.9. The molecular formula is C28H34N2O5. The third kappa shape index (κ3) is 5.84. The Morgan fingerprint density at radius 3 is 2.14 bits per heavy atom. The van der Waals surface area contributed by atoms with Crippen LogP contribution in [0.4, 0.5) is 4.79 Å². The van der Waals surface area contributed by atoms with Crippen LogP contribution in [-0.4, -0.2) is 53.7 Å². The first-order chi connectivity index (χ1) is 16.8. The second-order valence-corrected chi connectivity index (χ2v) is 10.0. The lowest BCUT2D eigenvalue weighted by Gasteiger charge is -2.35. The number of rotatable bonds is 10. The van der Waals surface area contributed by atoms with Gasteiger partial charge in [0.1, 0.15) is 13.2 Å². The van der Waals surface area contributed by atoms with Crippen LogP contribution >= 0.6 is 0 Å². The number of amides is 2. The molecular weight excluding hydrogens is 444 g/mol. The third-order valence-corrected chi connectivity index (χ3v) is 7.02. The molecule has 2 aromatic carbocycles. The molecule has 2 aliphatic rings. The number of hydrogen-bond donors (Lipinski definition) is 2. The average Bonchev–Trinajstić information content (AvgIpc) is 3.09. The van der Waals surface area contributed by atoms with Crippen molar-refractivity contribution in [3.63, 3.8) is 0 Å². The Morgan fingerprint density at radius 2 is 1.63 bits per heavy atom. The highest BCUT2D eigenvalue weighted by molar-refractivity contribution is 5.82. The predicted octanol–water partition coefficient (Wildman–Crippen LogP) is 4.65. The summed E-state index contributed by atoms with van der Waals surface area (Å²) in [5.41, 5.74) is 4.62. The zero-order valence-corrected chi connectivity index (χ0v) is 20.4. The van der Waals surface area contributed by atoms with Gasteiger partial charge in [0.05, 0.1) is 0 Å². The molecule has 0 heterocycles. The number of ether oxygens (including phenoxy) is 1. The van der Waals surface area contributed by atoms with Gasteiger partial charge in [-0.2, -0.15) is 0 Å². The summed E-state index contributed by atoms with van der Waals surface area (Å²) in [7, 11) is 0. The highest BCUT2D eigenvalue weighted by atomic mass is 16.5. The van der Waals surface area contributed by atoms with Crippen molar-refractivity contribution in [2.75, 3.05) is 19.7 Å². The molecule has 0 aromatic heterocycles. The minimum Gasteiger partial charge on any atom is -0.480 e. The van der Waals surface area contributed by atoms with Gasteiger partial charge in [0, 0.05) is 24.9 Å². The Kier molecular flexibility index (Phi) is 7.73. The van der Waals surface area contributed by atoms with Gasteiger partial charge in [-0.1, -0.05) is 68.8 Å². The normalized spacial score (nSPS) is 15.6. The molecule has 1 saturated carbocycles. The largest absolute Gasteiger partial charge is 0.480 e. The van der Waals surface area contributed by atoms with E-state index < -0.39 is 12.1 Å². The van der Waals surface area contributed by atoms with Crippen LogP contribution in [0.3, 0.4) is 0 Å². The number of carbonyl (C=O) groups is 3. The van der Waals surface area contributed by atoms with E-state index in [2.05, 4.69) is 29.6 Å². The summed E-state index contributed by atoms with van der Waals surface area (Å²) in [6, 6.07) is 16.0. The molecule has 186 valence electrons. The minimum atomic E-state index is -1.04. The van der Waals surface area contributed by atoms with Gasteiger partial charge in [-0.25, -0.2) is 4.79 Å². The van der Waals surface area contributed by atoms with Crippen molar-refractivity contribution >= 4 is 18.0 Å². The second-order valence-electron chi connectivity index (χ2n) is 10.0. The Labute approximate surface area is 206 Å². The van der Waals surface area contributed by atoms with E-state index in [1.54, 1.807) is 0 Å². The monoisotopic (exact) mass is 478 g/mol. The molecule has 1 fully saturated rings. The first kappa shape index (κ1) is 24.8. The number of aliphatic carboxylic acids is 1. The maximum absolute atomic E-state index is 13.0. The lowest BCUT2D eigenvalue weighted by molar-refractivity contribution is -0.145. The third-order valence-electron chi connectivity index (χ3n) is 7.02. The van der Waals surface area contributed by atoms with E-state index in [1.165, 1.54) is 16.0 Å². The lowest BCUT2D eigenvalue weighted by Crippen LogP contribution is -2.48. The van der Waals surface area contributed by atoms with Crippen LogP contribution < -0.4 is 5.32 Å². The van der Waals surface area contributed by atoms with Gasteiger partial charge in [-0.05, 0) is 46.9 Å². The molecule has 2 N–H and O–H groups in total. The first-order valence-corrected chi connectivity index (χ1v) is 12.4. The van der Waals surface area contributed by atoms with Crippen molar-refractivity contribution in [2.45, 2.75) is 51.5 Å². The topological polar surface area (TPSA) is 95.9 Å². The van der Waals surface area contributed by atoms with Crippen molar-refractivity contribution in [3.8, 4) is 11.1 Å². The Hall–Kier alpha value is -3.35. The van der Waals surface area contributed by atoms with Gasteiger partial charge in [-0.3, -0.25) is 9.59 Å². The Morgan fingerprint density at radius 1 is 1.03 bits per heavy atom. The molecule has 2 aliphatic carbocycles. The van der Waals surface area contributed by atoms with Crippen LogP contribution in [-0.2, 0) is 14.3 Å². The second kappa shape index (κ2) is 10.9. The molecule has 1 unspecified atom stereocenters. The number of fused-ring (bicyclic) bond motifs is 3. The smallest absolute Gasteiger partial charge is 0.407 e. The van der Waals surface area contributed by atoms with Crippen molar-refractivity contribution in [1.29, 1.82) is 0 Å². The molecule has 4 rings (SSSR count). The number of hydrogen-bond acceptors (Lipinski definition) is 4. The molecule has 0 aliphatic heterocycles. The van der Waals surface area contributed by atoms with Crippen LogP contribution in [0, 0.1) is 11.8 Å². The van der Waals surface area contributed by atoms with Crippen LogP contribution in [0.5, 0.6) is 0 Å². The number of carboxylic acids is 1. The first-order valence-electron chi connectivity index (χ1n) is 12.4. The van der Waals surface area contributed by atoms with Crippen LogP contribution in [0.2, 0.25) is 0 Å². The summed E-state index contributed by atoms with van der Waals surface area (Å²) in [5.74, 6) is -0.977. The molecule has 2 amide bonds. The van der Waals surface area contributed by atoms with E-state index in [0.29, 0.717) is 6.54 Å². The Bertz CT molecular complexity index is 1030. The van der Waals surface area contributed by atoms with E-state index in [1.807, 2.05) is 38.1 Å².